The molecule has 3 aromatic heterocycles. The molecule has 3 N–H and O–H groups in total. The Balaban J connectivity index is 1.45. The van der Waals surface area contributed by atoms with Crippen molar-refractivity contribution in [2.24, 2.45) is 0 Å². The van der Waals surface area contributed by atoms with Crippen molar-refractivity contribution in [1.82, 2.24) is 25.1 Å². The fraction of sp³-hybridized carbons (Fsp3) is 0.474. The number of rotatable bonds is 7. The van der Waals surface area contributed by atoms with E-state index >= 15 is 0 Å². The normalized spacial score (nSPS) is 19.1. The molecule has 29 heavy (non-hydrogen) atoms. The van der Waals surface area contributed by atoms with Crippen LogP contribution in [0.4, 0.5) is 5.69 Å². The molecule has 1 aliphatic heterocycles. The number of nitrogens with zero attached hydrogens (tertiary/aromatic N) is 4. The van der Waals surface area contributed by atoms with Gasteiger partial charge in [0.25, 0.3) is 0 Å². The fourth-order valence-corrected chi connectivity index (χ4v) is 5.28. The lowest BCUT2D eigenvalue weighted by Gasteiger charge is -2.14. The minimum absolute atomic E-state index is 0.0382. The predicted octanol–water partition coefficient (Wildman–Crippen LogP) is 2.69. The van der Waals surface area contributed by atoms with Crippen molar-refractivity contribution >= 4 is 44.9 Å². The molecule has 2 fully saturated rings. The minimum Gasteiger partial charge on any atom is -0.397 e. The van der Waals surface area contributed by atoms with Gasteiger partial charge in [0.2, 0.25) is 5.91 Å². The molecule has 2 aliphatic rings. The van der Waals surface area contributed by atoms with E-state index in [1.165, 1.54) is 23.1 Å². The molecule has 10 heteroatoms. The zero-order valence-corrected chi connectivity index (χ0v) is 17.5. The highest BCUT2D eigenvalue weighted by molar-refractivity contribution is 7.99. The Labute approximate surface area is 176 Å². The number of pyridine rings is 1. The van der Waals surface area contributed by atoms with Crippen LogP contribution in [0.3, 0.4) is 0 Å². The molecule has 5 rings (SSSR count). The number of hydrogen-bond acceptors (Lipinski definition) is 8. The van der Waals surface area contributed by atoms with Crippen molar-refractivity contribution in [3.8, 4) is 10.7 Å². The van der Waals surface area contributed by atoms with Crippen LogP contribution in [0.25, 0.3) is 20.9 Å². The molecule has 3 aromatic rings. The van der Waals surface area contributed by atoms with Crippen molar-refractivity contribution in [3.63, 3.8) is 0 Å². The largest absolute Gasteiger partial charge is 0.397 e. The van der Waals surface area contributed by atoms with Gasteiger partial charge >= 0.3 is 0 Å². The Morgan fingerprint density at radius 1 is 1.38 bits per heavy atom. The lowest BCUT2D eigenvalue weighted by Crippen LogP contribution is -2.27. The molecule has 4 heterocycles. The van der Waals surface area contributed by atoms with Gasteiger partial charge in [-0.2, -0.15) is 0 Å². The van der Waals surface area contributed by atoms with Crippen LogP contribution in [0.5, 0.6) is 0 Å². The fourth-order valence-electron chi connectivity index (χ4n) is 3.46. The van der Waals surface area contributed by atoms with E-state index in [1.807, 2.05) is 16.7 Å². The van der Waals surface area contributed by atoms with E-state index in [0.29, 0.717) is 35.0 Å². The summed E-state index contributed by atoms with van der Waals surface area (Å²) in [4.78, 5) is 18.3. The third kappa shape index (κ3) is 3.96. The number of carbonyl (C=O) groups excluding carboxylic acids is 1. The number of nitrogens with two attached hydrogens (primary N) is 1. The molecule has 1 atom stereocenters. The number of nitrogen functional groups attached to an aromatic ring is 1. The second kappa shape index (κ2) is 7.92. The van der Waals surface area contributed by atoms with Crippen molar-refractivity contribution in [2.45, 2.75) is 49.5 Å². The van der Waals surface area contributed by atoms with Crippen molar-refractivity contribution in [3.05, 3.63) is 18.3 Å². The third-order valence-corrected chi connectivity index (χ3v) is 7.20. The molecule has 0 spiro atoms. The predicted molar refractivity (Wildman–Crippen MR) is 114 cm³/mol. The first-order chi connectivity index (χ1) is 14.2. The summed E-state index contributed by atoms with van der Waals surface area (Å²) in [5.41, 5.74) is 7.10. The molecule has 1 amide bonds. The quantitative estimate of drug-likeness (QED) is 0.555. The van der Waals surface area contributed by atoms with E-state index < -0.39 is 0 Å². The van der Waals surface area contributed by atoms with E-state index in [4.69, 9.17) is 10.5 Å². The van der Waals surface area contributed by atoms with E-state index in [1.54, 1.807) is 6.20 Å². The number of anilines is 1. The van der Waals surface area contributed by atoms with Crippen molar-refractivity contribution in [1.29, 1.82) is 0 Å². The summed E-state index contributed by atoms with van der Waals surface area (Å²) < 4.78 is 7.89. The van der Waals surface area contributed by atoms with Crippen LogP contribution in [-0.2, 0) is 16.1 Å². The Bertz CT molecular complexity index is 1040. The second-order valence-corrected chi connectivity index (χ2v) is 9.32. The van der Waals surface area contributed by atoms with Gasteiger partial charge in [-0.05, 0) is 37.8 Å². The number of thioether (sulfide) groups is 1. The van der Waals surface area contributed by atoms with Crippen LogP contribution in [0.2, 0.25) is 0 Å². The summed E-state index contributed by atoms with van der Waals surface area (Å²) in [5, 5.41) is 13.5. The SMILES string of the molecule is Nc1c(-c2nnc(SCC(=O)NC3CC3)n2C[C@@H]2CCCO2)sc2ncccc12. The molecule has 0 aromatic carbocycles. The molecule has 0 radical (unpaired) electrons. The number of ether oxygens (including phenoxy) is 1. The lowest BCUT2D eigenvalue weighted by molar-refractivity contribution is -0.118. The van der Waals surface area contributed by atoms with Gasteiger partial charge in [0.05, 0.1) is 29.0 Å². The zero-order chi connectivity index (χ0) is 19.8. The van der Waals surface area contributed by atoms with Crippen molar-refractivity contribution < 1.29 is 9.53 Å². The summed E-state index contributed by atoms with van der Waals surface area (Å²) >= 11 is 2.92. The number of amides is 1. The van der Waals surface area contributed by atoms with Crippen LogP contribution in [0.1, 0.15) is 25.7 Å². The summed E-state index contributed by atoms with van der Waals surface area (Å²) in [7, 11) is 0. The van der Waals surface area contributed by atoms with Gasteiger partial charge in [-0.25, -0.2) is 4.98 Å². The number of aromatic nitrogens is 4. The highest BCUT2D eigenvalue weighted by Gasteiger charge is 2.26. The molecule has 1 saturated carbocycles. The van der Waals surface area contributed by atoms with Gasteiger partial charge in [0.15, 0.2) is 11.0 Å². The van der Waals surface area contributed by atoms with Crippen LogP contribution in [0.15, 0.2) is 23.5 Å². The standard InChI is InChI=1S/C19H22N6O2S2/c20-15-13-4-1-7-21-18(13)29-16(15)17-23-24-19(25(17)9-12-3-2-8-27-12)28-10-14(26)22-11-5-6-11/h1,4,7,11-12H,2-3,5-6,8-10,20H2,(H,22,26)/t12-/m0/s1. The summed E-state index contributed by atoms with van der Waals surface area (Å²) in [6.07, 6.45) is 6.11. The van der Waals surface area contributed by atoms with E-state index in [-0.39, 0.29) is 12.0 Å². The van der Waals surface area contributed by atoms with Crippen LogP contribution in [0, 0.1) is 0 Å². The average Bonchev–Trinajstić information content (AvgIpc) is 3.12. The molecule has 0 bridgehead atoms. The Hall–Kier alpha value is -2.17. The van der Waals surface area contributed by atoms with Gasteiger partial charge < -0.3 is 15.8 Å². The summed E-state index contributed by atoms with van der Waals surface area (Å²) in [6, 6.07) is 4.21. The number of thiophene rings is 1. The maximum atomic E-state index is 12.1. The molecule has 1 saturated heterocycles. The molecule has 1 aliphatic carbocycles. The molecule has 152 valence electrons. The number of hydrogen-bond donors (Lipinski definition) is 2. The highest BCUT2D eigenvalue weighted by Crippen LogP contribution is 2.40. The Morgan fingerprint density at radius 3 is 3.03 bits per heavy atom. The lowest BCUT2D eigenvalue weighted by atomic mass is 10.2. The Morgan fingerprint density at radius 2 is 2.28 bits per heavy atom. The Kier molecular flexibility index (Phi) is 5.15. The van der Waals surface area contributed by atoms with Crippen LogP contribution >= 0.6 is 23.1 Å². The topological polar surface area (TPSA) is 108 Å². The smallest absolute Gasteiger partial charge is 0.230 e. The maximum absolute atomic E-state index is 12.1. The zero-order valence-electron chi connectivity index (χ0n) is 15.8. The first-order valence-corrected chi connectivity index (χ1v) is 11.6. The van der Waals surface area contributed by atoms with E-state index in [9.17, 15) is 4.79 Å². The monoisotopic (exact) mass is 430 g/mol. The minimum atomic E-state index is 0.0382. The molecular formula is C19H22N6O2S2. The number of carbonyl (C=O) groups is 1. The maximum Gasteiger partial charge on any atom is 0.230 e. The molecular weight excluding hydrogens is 408 g/mol. The summed E-state index contributed by atoms with van der Waals surface area (Å²) in [6.45, 7) is 1.43. The molecule has 0 unspecified atom stereocenters. The summed E-state index contributed by atoms with van der Waals surface area (Å²) in [5.74, 6) is 1.08. The first-order valence-electron chi connectivity index (χ1n) is 9.79. The van der Waals surface area contributed by atoms with Crippen LogP contribution in [-0.4, -0.2) is 50.2 Å². The van der Waals surface area contributed by atoms with Crippen molar-refractivity contribution in [2.75, 3.05) is 18.1 Å². The van der Waals surface area contributed by atoms with Gasteiger partial charge in [-0.1, -0.05) is 11.8 Å². The number of fused-ring (bicyclic) bond motifs is 1. The average molecular weight is 431 g/mol. The van der Waals surface area contributed by atoms with Gasteiger partial charge in [-0.15, -0.1) is 21.5 Å². The van der Waals surface area contributed by atoms with Gasteiger partial charge in [-0.3, -0.25) is 9.36 Å². The van der Waals surface area contributed by atoms with E-state index in [0.717, 1.165) is 47.4 Å². The second-order valence-electron chi connectivity index (χ2n) is 7.38. The van der Waals surface area contributed by atoms with Gasteiger partial charge in [0, 0.05) is 24.2 Å². The third-order valence-electron chi connectivity index (χ3n) is 5.11. The van der Waals surface area contributed by atoms with E-state index in [2.05, 4.69) is 20.5 Å². The van der Waals surface area contributed by atoms with Crippen LogP contribution < -0.4 is 11.1 Å². The van der Waals surface area contributed by atoms with Gasteiger partial charge in [0.1, 0.15) is 4.83 Å². The highest BCUT2D eigenvalue weighted by atomic mass is 32.2. The molecule has 8 nitrogen and oxygen atoms in total. The number of nitrogens with one attached hydrogen (secondary N) is 1. The first kappa shape index (κ1) is 18.8.